The van der Waals surface area contributed by atoms with Gasteiger partial charge in [0.05, 0.1) is 9.86 Å². The molecule has 0 atom stereocenters. The molecule has 0 aliphatic carbocycles. The third-order valence-electron chi connectivity index (χ3n) is 3.89. The quantitative estimate of drug-likeness (QED) is 0.615. The minimum Gasteiger partial charge on any atom is -0.439 e. The van der Waals surface area contributed by atoms with E-state index >= 15 is 0 Å². The van der Waals surface area contributed by atoms with Crippen molar-refractivity contribution in [3.63, 3.8) is 0 Å². The van der Waals surface area contributed by atoms with Crippen LogP contribution in [0.3, 0.4) is 0 Å². The van der Waals surface area contributed by atoms with Crippen LogP contribution in [-0.4, -0.2) is 0 Å². The first-order chi connectivity index (χ1) is 10.6. The lowest BCUT2D eigenvalue weighted by Gasteiger charge is -2.16. The number of benzene rings is 2. The molecule has 0 bridgehead atoms. The molecule has 4 rings (SSSR count). The van der Waals surface area contributed by atoms with Crippen LogP contribution in [0.15, 0.2) is 56.1 Å². The summed E-state index contributed by atoms with van der Waals surface area (Å²) in [5.41, 5.74) is 2.97. The van der Waals surface area contributed by atoms with Crippen molar-refractivity contribution < 1.29 is 4.42 Å². The van der Waals surface area contributed by atoms with Crippen LogP contribution in [0.5, 0.6) is 0 Å². The summed E-state index contributed by atoms with van der Waals surface area (Å²) in [5, 5.41) is 0.993. The second-order valence-electron chi connectivity index (χ2n) is 5.34. The van der Waals surface area contributed by atoms with Crippen molar-refractivity contribution in [2.75, 3.05) is 4.90 Å². The molecule has 3 aromatic rings. The fourth-order valence-electron chi connectivity index (χ4n) is 2.82. The van der Waals surface area contributed by atoms with Gasteiger partial charge in [-0.3, -0.25) is 4.79 Å². The van der Waals surface area contributed by atoms with E-state index in [1.54, 1.807) is 12.1 Å². The van der Waals surface area contributed by atoms with E-state index in [0.717, 1.165) is 13.1 Å². The molecule has 0 spiro atoms. The molecule has 2 aromatic carbocycles. The molecule has 0 saturated carbocycles. The summed E-state index contributed by atoms with van der Waals surface area (Å²) < 4.78 is 6.65. The number of anilines is 1. The molecule has 5 heteroatoms. The molecule has 1 aliphatic heterocycles. The van der Waals surface area contributed by atoms with Gasteiger partial charge in [0, 0.05) is 24.2 Å². The maximum absolute atomic E-state index is 12.4. The van der Waals surface area contributed by atoms with Gasteiger partial charge in [-0.2, -0.15) is 0 Å². The Kier molecular flexibility index (Phi) is 3.24. The molecule has 3 nitrogen and oxygen atoms in total. The van der Waals surface area contributed by atoms with Gasteiger partial charge in [0.25, 0.3) is 0 Å². The van der Waals surface area contributed by atoms with Crippen LogP contribution >= 0.6 is 27.5 Å². The molecule has 110 valence electrons. The van der Waals surface area contributed by atoms with Gasteiger partial charge in [0.1, 0.15) is 0 Å². The van der Waals surface area contributed by atoms with Gasteiger partial charge in [0.15, 0.2) is 11.0 Å². The second kappa shape index (κ2) is 5.14. The van der Waals surface area contributed by atoms with Gasteiger partial charge in [-0.25, -0.2) is 0 Å². The molecule has 1 aliphatic rings. The Morgan fingerprint density at radius 3 is 2.45 bits per heavy atom. The van der Waals surface area contributed by atoms with Gasteiger partial charge < -0.3 is 9.32 Å². The van der Waals surface area contributed by atoms with Crippen LogP contribution < -0.4 is 10.3 Å². The Morgan fingerprint density at radius 2 is 1.77 bits per heavy atom. The van der Waals surface area contributed by atoms with Gasteiger partial charge in [-0.15, -0.1) is 0 Å². The molecular weight excluding hydrogens is 366 g/mol. The smallest absolute Gasteiger partial charge is 0.200 e. The van der Waals surface area contributed by atoms with Crippen LogP contribution in [-0.2, 0) is 13.1 Å². The molecule has 22 heavy (non-hydrogen) atoms. The molecule has 0 radical (unpaired) electrons. The summed E-state index contributed by atoms with van der Waals surface area (Å²) >= 11 is 9.42. The molecule has 0 fully saturated rings. The maximum Gasteiger partial charge on any atom is 0.200 e. The van der Waals surface area contributed by atoms with Crippen molar-refractivity contribution in [3.8, 4) is 0 Å². The highest BCUT2D eigenvalue weighted by atomic mass is 79.9. The number of hydrogen-bond donors (Lipinski definition) is 0. The Balaban J connectivity index is 1.83. The Hall–Kier alpha value is -1.78. The van der Waals surface area contributed by atoms with E-state index in [1.165, 1.54) is 17.2 Å². The number of halogens is 2. The third kappa shape index (κ3) is 2.23. The first-order valence-corrected chi connectivity index (χ1v) is 8.03. The fourth-order valence-corrected chi connectivity index (χ4v) is 3.71. The SMILES string of the molecule is O=c1cc(N2Cc3ccccc3C2)oc2c(Br)cc(Cl)cc12. The van der Waals surface area contributed by atoms with Crippen LogP contribution in [0.25, 0.3) is 11.0 Å². The van der Waals surface area contributed by atoms with Crippen molar-refractivity contribution in [1.29, 1.82) is 0 Å². The number of nitrogens with zero attached hydrogens (tertiary/aromatic N) is 1. The van der Waals surface area contributed by atoms with Gasteiger partial charge in [-0.1, -0.05) is 35.9 Å². The lowest BCUT2D eigenvalue weighted by atomic mass is 10.1. The first-order valence-electron chi connectivity index (χ1n) is 6.86. The molecule has 1 aromatic heterocycles. The second-order valence-corrected chi connectivity index (χ2v) is 6.63. The van der Waals surface area contributed by atoms with E-state index in [-0.39, 0.29) is 5.43 Å². The predicted molar refractivity (Wildman–Crippen MR) is 91.5 cm³/mol. The summed E-state index contributed by atoms with van der Waals surface area (Å²) in [5.74, 6) is 0.580. The zero-order chi connectivity index (χ0) is 15.3. The van der Waals surface area contributed by atoms with E-state index in [0.29, 0.717) is 26.3 Å². The van der Waals surface area contributed by atoms with E-state index in [1.807, 2.05) is 12.1 Å². The highest BCUT2D eigenvalue weighted by Gasteiger charge is 2.21. The summed E-state index contributed by atoms with van der Waals surface area (Å²) in [7, 11) is 0. The Morgan fingerprint density at radius 1 is 1.09 bits per heavy atom. The highest BCUT2D eigenvalue weighted by Crippen LogP contribution is 2.32. The third-order valence-corrected chi connectivity index (χ3v) is 4.69. The molecular formula is C17H11BrClNO2. The van der Waals surface area contributed by atoms with Crippen LogP contribution in [0.4, 0.5) is 5.88 Å². The normalized spacial score (nSPS) is 13.6. The lowest BCUT2D eigenvalue weighted by molar-refractivity contribution is 0.574. The number of rotatable bonds is 1. The molecule has 0 amide bonds. The molecule has 0 unspecified atom stereocenters. The minimum atomic E-state index is -0.0876. The van der Waals surface area contributed by atoms with Gasteiger partial charge >= 0.3 is 0 Å². The van der Waals surface area contributed by atoms with Crippen molar-refractivity contribution in [1.82, 2.24) is 0 Å². The predicted octanol–water partition coefficient (Wildman–Crippen LogP) is 4.73. The molecule has 2 heterocycles. The maximum atomic E-state index is 12.4. The van der Waals surface area contributed by atoms with E-state index < -0.39 is 0 Å². The standard InChI is InChI=1S/C17H11BrClNO2/c18-14-6-12(19)5-13-15(21)7-16(22-17(13)14)20-8-10-3-1-2-4-11(10)9-20/h1-7H,8-9H2. The lowest BCUT2D eigenvalue weighted by Crippen LogP contribution is -2.16. The average molecular weight is 377 g/mol. The van der Waals surface area contributed by atoms with Crippen molar-refractivity contribution in [2.45, 2.75) is 13.1 Å². The van der Waals surface area contributed by atoms with Crippen LogP contribution in [0.1, 0.15) is 11.1 Å². The monoisotopic (exact) mass is 375 g/mol. The minimum absolute atomic E-state index is 0.0876. The number of fused-ring (bicyclic) bond motifs is 2. The average Bonchev–Trinajstić information content (AvgIpc) is 2.92. The fraction of sp³-hybridized carbons (Fsp3) is 0.118. The van der Waals surface area contributed by atoms with E-state index in [2.05, 4.69) is 33.0 Å². The zero-order valence-electron chi connectivity index (χ0n) is 11.5. The molecule has 0 N–H and O–H groups in total. The Bertz CT molecular complexity index is 926. The summed E-state index contributed by atoms with van der Waals surface area (Å²) in [6, 6.07) is 13.2. The van der Waals surface area contributed by atoms with Crippen molar-refractivity contribution >= 4 is 44.4 Å². The first kappa shape index (κ1) is 13.9. The Labute approximate surface area is 140 Å². The van der Waals surface area contributed by atoms with E-state index in [9.17, 15) is 4.79 Å². The van der Waals surface area contributed by atoms with Crippen molar-refractivity contribution in [3.05, 3.63) is 73.3 Å². The summed E-state index contributed by atoms with van der Waals surface area (Å²) in [4.78, 5) is 14.4. The van der Waals surface area contributed by atoms with Crippen molar-refractivity contribution in [2.24, 2.45) is 0 Å². The van der Waals surface area contributed by atoms with Crippen LogP contribution in [0, 0.1) is 0 Å². The topological polar surface area (TPSA) is 33.5 Å². The van der Waals surface area contributed by atoms with Gasteiger partial charge in [0.2, 0.25) is 5.88 Å². The van der Waals surface area contributed by atoms with Crippen LogP contribution in [0.2, 0.25) is 5.02 Å². The summed E-state index contributed by atoms with van der Waals surface area (Å²) in [6.07, 6.45) is 0. The number of hydrogen-bond acceptors (Lipinski definition) is 3. The zero-order valence-corrected chi connectivity index (χ0v) is 13.8. The highest BCUT2D eigenvalue weighted by molar-refractivity contribution is 9.10. The van der Waals surface area contributed by atoms with Gasteiger partial charge in [-0.05, 0) is 39.2 Å². The molecule has 0 saturated heterocycles. The largest absolute Gasteiger partial charge is 0.439 e. The van der Waals surface area contributed by atoms with E-state index in [4.69, 9.17) is 16.0 Å². The summed E-state index contributed by atoms with van der Waals surface area (Å²) in [6.45, 7) is 1.49.